The summed E-state index contributed by atoms with van der Waals surface area (Å²) in [5.41, 5.74) is 0.233. The molecule has 0 fully saturated rings. The Morgan fingerprint density at radius 2 is 1.92 bits per heavy atom. The smallest absolute Gasteiger partial charge is 0.347 e. The Morgan fingerprint density at radius 3 is 2.56 bits per heavy atom. The van der Waals surface area contributed by atoms with Gasteiger partial charge >= 0.3 is 5.97 Å². The summed E-state index contributed by atoms with van der Waals surface area (Å²) in [5, 5.41) is 2.50. The Balaban J connectivity index is 1.86. The van der Waals surface area contributed by atoms with Crippen LogP contribution in [0.5, 0.6) is 5.75 Å². The van der Waals surface area contributed by atoms with Gasteiger partial charge in [0.05, 0.1) is 10.7 Å². The summed E-state index contributed by atoms with van der Waals surface area (Å²) in [4.78, 5) is 23.9. The van der Waals surface area contributed by atoms with Crippen molar-refractivity contribution in [2.45, 2.75) is 19.4 Å². The molecule has 0 unspecified atom stereocenters. The molecular formula is C18H17ClFNO4. The predicted octanol–water partition coefficient (Wildman–Crippen LogP) is 3.82. The van der Waals surface area contributed by atoms with E-state index in [-0.39, 0.29) is 10.7 Å². The minimum Gasteiger partial charge on any atom is -0.479 e. The number of halogens is 2. The number of para-hydroxylation sites is 1. The van der Waals surface area contributed by atoms with E-state index in [9.17, 15) is 14.0 Å². The second-order valence-electron chi connectivity index (χ2n) is 5.11. The highest BCUT2D eigenvalue weighted by Crippen LogP contribution is 2.22. The molecule has 5 nitrogen and oxygen atoms in total. The molecule has 0 aliphatic carbocycles. The number of nitrogens with one attached hydrogen (secondary N) is 1. The van der Waals surface area contributed by atoms with Gasteiger partial charge in [-0.3, -0.25) is 4.79 Å². The Labute approximate surface area is 149 Å². The Kier molecular flexibility index (Phi) is 6.77. The second-order valence-corrected chi connectivity index (χ2v) is 5.52. The molecule has 0 aliphatic heterocycles. The molecule has 0 bridgehead atoms. The van der Waals surface area contributed by atoms with Crippen molar-refractivity contribution in [1.82, 2.24) is 0 Å². The van der Waals surface area contributed by atoms with Crippen molar-refractivity contribution >= 4 is 29.2 Å². The minimum atomic E-state index is -0.815. The molecule has 7 heteroatoms. The third kappa shape index (κ3) is 5.76. The number of anilines is 1. The summed E-state index contributed by atoms with van der Waals surface area (Å²) < 4.78 is 23.5. The van der Waals surface area contributed by atoms with E-state index in [2.05, 4.69) is 5.32 Å². The van der Waals surface area contributed by atoms with Crippen LogP contribution in [0.2, 0.25) is 5.02 Å². The summed E-state index contributed by atoms with van der Waals surface area (Å²) in [6.07, 6.45) is -0.427. The van der Waals surface area contributed by atoms with Crippen LogP contribution in [-0.4, -0.2) is 24.6 Å². The number of hydrogen-bond donors (Lipinski definition) is 1. The summed E-state index contributed by atoms with van der Waals surface area (Å²) in [5.74, 6) is -1.21. The van der Waals surface area contributed by atoms with Crippen LogP contribution in [0.25, 0.3) is 0 Å². The lowest BCUT2D eigenvalue weighted by molar-refractivity contribution is -0.154. The van der Waals surface area contributed by atoms with Gasteiger partial charge in [-0.25, -0.2) is 9.18 Å². The first kappa shape index (κ1) is 18.7. The van der Waals surface area contributed by atoms with Crippen LogP contribution in [0.3, 0.4) is 0 Å². The van der Waals surface area contributed by atoms with Crippen molar-refractivity contribution in [2.24, 2.45) is 0 Å². The number of carbonyl (C=O) groups is 2. The maximum atomic E-state index is 13.0. The fraction of sp³-hybridized carbons (Fsp3) is 0.222. The number of benzene rings is 2. The second kappa shape index (κ2) is 9.03. The minimum absolute atomic E-state index is 0.0542. The zero-order valence-corrected chi connectivity index (χ0v) is 14.3. The van der Waals surface area contributed by atoms with Crippen LogP contribution in [0, 0.1) is 5.82 Å². The highest BCUT2D eigenvalue weighted by molar-refractivity contribution is 6.33. The quantitative estimate of drug-likeness (QED) is 0.757. The third-order valence-electron chi connectivity index (χ3n) is 3.21. The molecule has 132 valence electrons. The van der Waals surface area contributed by atoms with Crippen LogP contribution in [-0.2, 0) is 14.3 Å². The fourth-order valence-corrected chi connectivity index (χ4v) is 2.18. The molecule has 0 aromatic heterocycles. The first-order chi connectivity index (χ1) is 12.0. The van der Waals surface area contributed by atoms with Gasteiger partial charge in [0, 0.05) is 0 Å². The normalized spacial score (nSPS) is 11.5. The molecule has 0 radical (unpaired) electrons. The number of esters is 1. The summed E-state index contributed by atoms with van der Waals surface area (Å²) >= 11 is 5.82. The molecule has 25 heavy (non-hydrogen) atoms. The van der Waals surface area contributed by atoms with Crippen LogP contribution in [0.4, 0.5) is 10.1 Å². The van der Waals surface area contributed by atoms with E-state index >= 15 is 0 Å². The average molecular weight is 366 g/mol. The maximum Gasteiger partial charge on any atom is 0.347 e. The Bertz CT molecular complexity index is 739. The third-order valence-corrected chi connectivity index (χ3v) is 3.52. The molecule has 0 heterocycles. The van der Waals surface area contributed by atoms with Crippen LogP contribution in [0.15, 0.2) is 48.5 Å². The van der Waals surface area contributed by atoms with Crippen molar-refractivity contribution in [1.29, 1.82) is 0 Å². The van der Waals surface area contributed by atoms with Gasteiger partial charge in [-0.1, -0.05) is 36.7 Å². The number of amides is 1. The highest BCUT2D eigenvalue weighted by Gasteiger charge is 2.21. The van der Waals surface area contributed by atoms with Gasteiger partial charge in [0.25, 0.3) is 5.91 Å². The summed E-state index contributed by atoms with van der Waals surface area (Å²) in [6.45, 7) is 1.27. The number of ether oxygens (including phenoxy) is 2. The van der Waals surface area contributed by atoms with Crippen molar-refractivity contribution in [3.63, 3.8) is 0 Å². The topological polar surface area (TPSA) is 64.6 Å². The molecule has 2 aromatic carbocycles. The molecule has 1 amide bonds. The van der Waals surface area contributed by atoms with Gasteiger partial charge in [-0.05, 0) is 36.8 Å². The summed E-state index contributed by atoms with van der Waals surface area (Å²) in [6, 6.07) is 12.4. The van der Waals surface area contributed by atoms with E-state index in [4.69, 9.17) is 21.1 Å². The molecule has 1 N–H and O–H groups in total. The van der Waals surface area contributed by atoms with Crippen LogP contribution >= 0.6 is 11.6 Å². The lowest BCUT2D eigenvalue weighted by atomic mass is 10.2. The highest BCUT2D eigenvalue weighted by atomic mass is 35.5. The van der Waals surface area contributed by atoms with Crippen LogP contribution < -0.4 is 10.1 Å². The largest absolute Gasteiger partial charge is 0.479 e. The van der Waals surface area contributed by atoms with Gasteiger partial charge in [0.1, 0.15) is 11.6 Å². The maximum absolute atomic E-state index is 13.0. The van der Waals surface area contributed by atoms with Gasteiger partial charge < -0.3 is 14.8 Å². The summed E-state index contributed by atoms with van der Waals surface area (Å²) in [7, 11) is 0. The molecular weight excluding hydrogens is 349 g/mol. The van der Waals surface area contributed by atoms with Crippen molar-refractivity contribution in [3.05, 3.63) is 59.4 Å². The van der Waals surface area contributed by atoms with E-state index in [0.717, 1.165) is 12.1 Å². The fourth-order valence-electron chi connectivity index (χ4n) is 1.97. The van der Waals surface area contributed by atoms with Gasteiger partial charge in [-0.2, -0.15) is 0 Å². The molecule has 0 saturated carbocycles. The number of rotatable bonds is 7. The standard InChI is InChI=1S/C18H17ClFNO4/c1-2-16(25-13-6-4-3-5-7-13)18(23)24-11-17(22)21-15-9-8-12(20)10-14(15)19/h3-10,16H,2,11H2,1H3,(H,21,22)/t16-/m1/s1. The monoisotopic (exact) mass is 365 g/mol. The Hall–Kier alpha value is -2.60. The van der Waals surface area contributed by atoms with Crippen molar-refractivity contribution in [3.8, 4) is 5.75 Å². The Morgan fingerprint density at radius 1 is 1.20 bits per heavy atom. The molecule has 0 saturated heterocycles. The van der Waals surface area contributed by atoms with Crippen molar-refractivity contribution < 1.29 is 23.5 Å². The molecule has 2 rings (SSSR count). The van der Waals surface area contributed by atoms with E-state index in [0.29, 0.717) is 12.2 Å². The average Bonchev–Trinajstić information content (AvgIpc) is 2.61. The lowest BCUT2D eigenvalue weighted by Crippen LogP contribution is -2.31. The van der Waals surface area contributed by atoms with Gasteiger partial charge in [-0.15, -0.1) is 0 Å². The van der Waals surface area contributed by atoms with E-state index in [1.165, 1.54) is 6.07 Å². The molecule has 0 spiro atoms. The molecule has 1 atom stereocenters. The van der Waals surface area contributed by atoms with E-state index in [1.54, 1.807) is 31.2 Å². The molecule has 0 aliphatic rings. The molecule has 2 aromatic rings. The predicted molar refractivity (Wildman–Crippen MR) is 92.1 cm³/mol. The number of carbonyl (C=O) groups excluding carboxylic acids is 2. The van der Waals surface area contributed by atoms with Crippen LogP contribution in [0.1, 0.15) is 13.3 Å². The lowest BCUT2D eigenvalue weighted by Gasteiger charge is -2.16. The van der Waals surface area contributed by atoms with Gasteiger partial charge in [0.2, 0.25) is 0 Å². The first-order valence-electron chi connectivity index (χ1n) is 7.63. The van der Waals surface area contributed by atoms with Crippen molar-refractivity contribution in [2.75, 3.05) is 11.9 Å². The van der Waals surface area contributed by atoms with E-state index in [1.807, 2.05) is 6.07 Å². The zero-order valence-electron chi connectivity index (χ0n) is 13.5. The van der Waals surface area contributed by atoms with Gasteiger partial charge in [0.15, 0.2) is 12.7 Å². The number of hydrogen-bond acceptors (Lipinski definition) is 4. The van der Waals surface area contributed by atoms with E-state index < -0.39 is 30.4 Å². The first-order valence-corrected chi connectivity index (χ1v) is 8.00. The zero-order chi connectivity index (χ0) is 18.2. The SMILES string of the molecule is CC[C@@H](Oc1ccccc1)C(=O)OCC(=O)Nc1ccc(F)cc1Cl.